The molecule has 9 nitrogen and oxygen atoms in total. The van der Waals surface area contributed by atoms with Crippen LogP contribution in [-0.2, 0) is 19.6 Å². The zero-order chi connectivity index (χ0) is 18.9. The average molecular weight is 380 g/mol. The smallest absolute Gasteiger partial charge is 0.324 e. The van der Waals surface area contributed by atoms with Gasteiger partial charge in [-0.05, 0) is 31.0 Å². The summed E-state index contributed by atoms with van der Waals surface area (Å²) >= 11 is 0. The van der Waals surface area contributed by atoms with E-state index in [9.17, 15) is 22.8 Å². The Balaban J connectivity index is 1.57. The number of likely N-dealkylation sites (tertiary alicyclic amines) is 1. The van der Waals surface area contributed by atoms with E-state index < -0.39 is 22.0 Å². The number of urea groups is 1. The summed E-state index contributed by atoms with van der Waals surface area (Å²) in [7, 11) is -3.78. The second-order valence-electron chi connectivity index (χ2n) is 6.35. The van der Waals surface area contributed by atoms with Gasteiger partial charge in [0, 0.05) is 13.1 Å². The molecule has 0 aromatic heterocycles. The second kappa shape index (κ2) is 7.04. The summed E-state index contributed by atoms with van der Waals surface area (Å²) in [6.45, 7) is 1.96. The highest BCUT2D eigenvalue weighted by Gasteiger charge is 2.39. The molecule has 4 amide bonds. The molecule has 140 valence electrons. The van der Waals surface area contributed by atoms with Gasteiger partial charge in [0.2, 0.25) is 21.8 Å². The Morgan fingerprint density at radius 2 is 2.12 bits per heavy atom. The van der Waals surface area contributed by atoms with Crippen molar-refractivity contribution >= 4 is 27.9 Å². The van der Waals surface area contributed by atoms with Gasteiger partial charge < -0.3 is 10.2 Å². The van der Waals surface area contributed by atoms with E-state index in [1.165, 1.54) is 17.0 Å². The SMILES string of the molecule is Cc1cccc(S(=O)(=O)NCC(=O)N2CCC(N3C(=O)CNC3=O)C2)c1. The average Bonchev–Trinajstić information content (AvgIpc) is 3.19. The van der Waals surface area contributed by atoms with Crippen molar-refractivity contribution in [2.75, 3.05) is 26.2 Å². The van der Waals surface area contributed by atoms with Crippen LogP contribution in [-0.4, -0.2) is 68.3 Å². The number of hydrogen-bond donors (Lipinski definition) is 2. The minimum Gasteiger partial charge on any atom is -0.339 e. The minimum absolute atomic E-state index is 0.0282. The highest BCUT2D eigenvalue weighted by atomic mass is 32.2. The third-order valence-corrected chi connectivity index (χ3v) is 5.87. The van der Waals surface area contributed by atoms with Crippen molar-refractivity contribution in [1.29, 1.82) is 0 Å². The summed E-state index contributed by atoms with van der Waals surface area (Å²) in [5.41, 5.74) is 0.801. The largest absolute Gasteiger partial charge is 0.339 e. The molecule has 2 N–H and O–H groups in total. The van der Waals surface area contributed by atoms with Gasteiger partial charge in [-0.2, -0.15) is 0 Å². The van der Waals surface area contributed by atoms with Crippen LogP contribution in [0.5, 0.6) is 0 Å². The molecule has 26 heavy (non-hydrogen) atoms. The number of nitrogens with one attached hydrogen (secondary N) is 2. The number of benzene rings is 1. The maximum atomic E-state index is 12.3. The number of carbonyl (C=O) groups is 3. The van der Waals surface area contributed by atoms with Gasteiger partial charge in [0.15, 0.2) is 0 Å². The molecule has 10 heteroatoms. The lowest BCUT2D eigenvalue weighted by Gasteiger charge is -2.21. The molecular formula is C16H20N4O5S. The Bertz CT molecular complexity index is 838. The summed E-state index contributed by atoms with van der Waals surface area (Å²) in [6.07, 6.45) is 0.482. The summed E-state index contributed by atoms with van der Waals surface area (Å²) in [5.74, 6) is -0.703. The molecule has 3 rings (SSSR count). The van der Waals surface area contributed by atoms with Crippen LogP contribution in [0, 0.1) is 6.92 Å². The van der Waals surface area contributed by atoms with E-state index in [2.05, 4.69) is 10.0 Å². The number of nitrogens with zero attached hydrogens (tertiary/aromatic N) is 2. The molecule has 2 saturated heterocycles. The number of hydrogen-bond acceptors (Lipinski definition) is 5. The molecule has 0 saturated carbocycles. The van der Waals surface area contributed by atoms with Crippen LogP contribution in [0.25, 0.3) is 0 Å². The van der Waals surface area contributed by atoms with Crippen molar-refractivity contribution in [3.63, 3.8) is 0 Å². The van der Waals surface area contributed by atoms with Gasteiger partial charge in [-0.25, -0.2) is 17.9 Å². The zero-order valence-electron chi connectivity index (χ0n) is 14.3. The first-order valence-electron chi connectivity index (χ1n) is 8.22. The van der Waals surface area contributed by atoms with Crippen molar-refractivity contribution < 1.29 is 22.8 Å². The normalized spacial score (nSPS) is 20.6. The third-order valence-electron chi connectivity index (χ3n) is 4.47. The summed E-state index contributed by atoms with van der Waals surface area (Å²) in [5, 5.41) is 2.45. The molecule has 2 aliphatic heterocycles. The number of imide groups is 1. The van der Waals surface area contributed by atoms with Gasteiger partial charge in [0.1, 0.15) is 0 Å². The van der Waals surface area contributed by atoms with Crippen molar-refractivity contribution in [2.24, 2.45) is 0 Å². The number of sulfonamides is 1. The summed E-state index contributed by atoms with van der Waals surface area (Å²) in [6, 6.07) is 5.58. The lowest BCUT2D eigenvalue weighted by Crippen LogP contribution is -2.44. The maximum Gasteiger partial charge on any atom is 0.324 e. The first kappa shape index (κ1) is 18.3. The van der Waals surface area contributed by atoms with E-state index in [1.807, 2.05) is 0 Å². The van der Waals surface area contributed by atoms with Crippen molar-refractivity contribution in [1.82, 2.24) is 19.8 Å². The van der Waals surface area contributed by atoms with Crippen LogP contribution in [0.3, 0.4) is 0 Å². The van der Waals surface area contributed by atoms with Gasteiger partial charge in [0.25, 0.3) is 0 Å². The van der Waals surface area contributed by atoms with E-state index in [1.54, 1.807) is 19.1 Å². The van der Waals surface area contributed by atoms with Crippen molar-refractivity contribution in [2.45, 2.75) is 24.3 Å². The quantitative estimate of drug-likeness (QED) is 0.664. The predicted octanol–water partition coefficient (Wildman–Crippen LogP) is -0.574. The van der Waals surface area contributed by atoms with E-state index in [0.717, 1.165) is 10.5 Å². The fourth-order valence-corrected chi connectivity index (χ4v) is 4.20. The minimum atomic E-state index is -3.78. The van der Waals surface area contributed by atoms with Crippen LogP contribution in [0.1, 0.15) is 12.0 Å². The monoisotopic (exact) mass is 380 g/mol. The summed E-state index contributed by atoms with van der Waals surface area (Å²) in [4.78, 5) is 38.4. The molecular weight excluding hydrogens is 360 g/mol. The van der Waals surface area contributed by atoms with Crippen LogP contribution < -0.4 is 10.0 Å². The fraction of sp³-hybridized carbons (Fsp3) is 0.438. The number of carbonyl (C=O) groups excluding carboxylic acids is 3. The van der Waals surface area contributed by atoms with Gasteiger partial charge in [-0.15, -0.1) is 0 Å². The topological polar surface area (TPSA) is 116 Å². The molecule has 1 unspecified atom stereocenters. The molecule has 2 aliphatic rings. The van der Waals surface area contributed by atoms with Gasteiger partial charge in [-0.3, -0.25) is 14.5 Å². The molecule has 0 spiro atoms. The molecule has 2 fully saturated rings. The Morgan fingerprint density at radius 1 is 1.35 bits per heavy atom. The number of rotatable bonds is 5. The van der Waals surface area contributed by atoms with Gasteiger partial charge >= 0.3 is 6.03 Å². The standard InChI is InChI=1S/C16H20N4O5S/c1-11-3-2-4-13(7-11)26(24,25)18-9-14(21)19-6-5-12(10-19)20-15(22)8-17-16(20)23/h2-4,7,12,18H,5-6,8-10H2,1H3,(H,17,23). The Hall–Kier alpha value is -2.46. The second-order valence-corrected chi connectivity index (χ2v) is 8.11. The van der Waals surface area contributed by atoms with Crippen molar-refractivity contribution in [3.05, 3.63) is 29.8 Å². The van der Waals surface area contributed by atoms with Crippen LogP contribution in [0.2, 0.25) is 0 Å². The highest BCUT2D eigenvalue weighted by molar-refractivity contribution is 7.89. The first-order valence-corrected chi connectivity index (χ1v) is 9.70. The Kier molecular flexibility index (Phi) is 4.97. The number of aryl methyl sites for hydroxylation is 1. The van der Waals surface area contributed by atoms with E-state index >= 15 is 0 Å². The maximum absolute atomic E-state index is 12.3. The Labute approximate surface area is 151 Å². The lowest BCUT2D eigenvalue weighted by atomic mass is 10.2. The third kappa shape index (κ3) is 3.70. The van der Waals surface area contributed by atoms with Gasteiger partial charge in [0.05, 0.1) is 24.0 Å². The molecule has 1 aromatic carbocycles. The molecule has 0 bridgehead atoms. The molecule has 2 heterocycles. The Morgan fingerprint density at radius 3 is 2.77 bits per heavy atom. The molecule has 1 aromatic rings. The van der Waals surface area contributed by atoms with Crippen molar-refractivity contribution in [3.8, 4) is 0 Å². The zero-order valence-corrected chi connectivity index (χ0v) is 15.1. The molecule has 0 aliphatic carbocycles. The van der Waals surface area contributed by atoms with Crippen LogP contribution >= 0.6 is 0 Å². The van der Waals surface area contributed by atoms with E-state index in [4.69, 9.17) is 0 Å². The lowest BCUT2D eigenvalue weighted by molar-refractivity contribution is -0.130. The number of amides is 4. The van der Waals surface area contributed by atoms with Crippen LogP contribution in [0.15, 0.2) is 29.2 Å². The van der Waals surface area contributed by atoms with E-state index in [0.29, 0.717) is 13.0 Å². The summed E-state index contributed by atoms with van der Waals surface area (Å²) < 4.78 is 26.9. The molecule has 0 radical (unpaired) electrons. The van der Waals surface area contributed by atoms with Crippen LogP contribution in [0.4, 0.5) is 4.79 Å². The highest BCUT2D eigenvalue weighted by Crippen LogP contribution is 2.18. The molecule has 1 atom stereocenters. The first-order chi connectivity index (χ1) is 12.3. The van der Waals surface area contributed by atoms with E-state index in [-0.39, 0.29) is 36.5 Å². The van der Waals surface area contributed by atoms with Gasteiger partial charge in [-0.1, -0.05) is 12.1 Å². The predicted molar refractivity (Wildman–Crippen MR) is 91.6 cm³/mol. The fourth-order valence-electron chi connectivity index (χ4n) is 3.12.